The largest absolute Gasteiger partial charge is 0.435 e. The molecular formula is C17H14F5N5O. The molecule has 2 N–H and O–H groups in total. The van der Waals surface area contributed by atoms with Crippen molar-refractivity contribution in [2.75, 3.05) is 18.4 Å². The maximum absolute atomic E-state index is 14.4. The van der Waals surface area contributed by atoms with Gasteiger partial charge in [0.05, 0.1) is 17.9 Å². The smallest absolute Gasteiger partial charge is 0.387 e. The Bertz CT molecular complexity index is 1010. The van der Waals surface area contributed by atoms with Crippen LogP contribution in [0.15, 0.2) is 30.6 Å². The zero-order chi connectivity index (χ0) is 19.8. The van der Waals surface area contributed by atoms with Gasteiger partial charge in [0.1, 0.15) is 23.3 Å². The van der Waals surface area contributed by atoms with Gasteiger partial charge in [-0.1, -0.05) is 0 Å². The third-order valence-electron chi connectivity index (χ3n) is 4.34. The number of fused-ring (bicyclic) bond motifs is 1. The molecule has 1 aliphatic rings. The zero-order valence-corrected chi connectivity index (χ0v) is 14.2. The molecule has 0 saturated carbocycles. The lowest BCUT2D eigenvalue weighted by Gasteiger charge is -2.16. The number of hydrogen-bond acceptors (Lipinski definition) is 5. The average Bonchev–Trinajstić information content (AvgIpc) is 3.23. The number of aromatic nitrogens is 3. The molecule has 0 aromatic carbocycles. The first-order valence-corrected chi connectivity index (χ1v) is 8.32. The van der Waals surface area contributed by atoms with Gasteiger partial charge in [-0.3, -0.25) is 4.40 Å². The fraction of sp³-hybridized carbons (Fsp3) is 0.294. The highest BCUT2D eigenvalue weighted by Gasteiger charge is 2.28. The molecule has 28 heavy (non-hydrogen) atoms. The summed E-state index contributed by atoms with van der Waals surface area (Å²) in [5, 5.41) is 5.46. The van der Waals surface area contributed by atoms with Crippen LogP contribution >= 0.6 is 0 Å². The van der Waals surface area contributed by atoms with E-state index in [0.29, 0.717) is 6.07 Å². The van der Waals surface area contributed by atoms with Gasteiger partial charge in [0.25, 0.3) is 0 Å². The van der Waals surface area contributed by atoms with Gasteiger partial charge in [0.2, 0.25) is 0 Å². The number of pyridine rings is 2. The molecule has 3 aromatic rings. The normalized spacial score (nSPS) is 19.5. The van der Waals surface area contributed by atoms with Crippen LogP contribution in [-0.2, 0) is 0 Å². The Morgan fingerprint density at radius 1 is 1.21 bits per heavy atom. The van der Waals surface area contributed by atoms with Crippen LogP contribution < -0.4 is 15.4 Å². The van der Waals surface area contributed by atoms with Crippen LogP contribution in [0, 0.1) is 11.6 Å². The molecule has 1 aliphatic heterocycles. The third-order valence-corrected chi connectivity index (χ3v) is 4.34. The third kappa shape index (κ3) is 3.44. The van der Waals surface area contributed by atoms with Crippen LogP contribution in [-0.4, -0.2) is 46.3 Å². The van der Waals surface area contributed by atoms with Crippen LogP contribution in [0.4, 0.5) is 27.8 Å². The molecule has 2 atom stereocenters. The van der Waals surface area contributed by atoms with Gasteiger partial charge in [0, 0.05) is 31.4 Å². The second kappa shape index (κ2) is 7.23. The highest BCUT2D eigenvalue weighted by molar-refractivity contribution is 5.63. The van der Waals surface area contributed by atoms with E-state index in [1.807, 2.05) is 0 Å². The van der Waals surface area contributed by atoms with Crippen molar-refractivity contribution in [3.63, 3.8) is 0 Å². The summed E-state index contributed by atoms with van der Waals surface area (Å²) in [4.78, 5) is 7.98. The van der Waals surface area contributed by atoms with E-state index in [1.165, 1.54) is 28.9 Å². The molecular weight excluding hydrogens is 385 g/mol. The lowest BCUT2D eigenvalue weighted by atomic mass is 10.2. The molecule has 6 nitrogen and oxygen atoms in total. The SMILES string of the molecule is Fc1cc(F)c(-c2cnc3cc(OC(F)F)ccn23)nc1NC1CNCC1F. The average molecular weight is 399 g/mol. The number of ether oxygens (including phenoxy) is 1. The Morgan fingerprint density at radius 2 is 2.04 bits per heavy atom. The number of halogens is 5. The Balaban J connectivity index is 1.71. The quantitative estimate of drug-likeness (QED) is 0.646. The minimum absolute atomic E-state index is 0.114. The Labute approximate surface area is 155 Å². The molecule has 1 fully saturated rings. The van der Waals surface area contributed by atoms with Gasteiger partial charge < -0.3 is 15.4 Å². The molecule has 0 amide bonds. The summed E-state index contributed by atoms with van der Waals surface area (Å²) in [6, 6.07) is 2.45. The van der Waals surface area contributed by atoms with Crippen molar-refractivity contribution in [2.24, 2.45) is 0 Å². The molecule has 3 aromatic heterocycles. The fourth-order valence-corrected chi connectivity index (χ4v) is 3.02. The van der Waals surface area contributed by atoms with Crippen LogP contribution in [0.5, 0.6) is 5.75 Å². The summed E-state index contributed by atoms with van der Waals surface area (Å²) in [6.45, 7) is -2.59. The van der Waals surface area contributed by atoms with E-state index < -0.39 is 30.5 Å². The van der Waals surface area contributed by atoms with Crippen molar-refractivity contribution in [3.05, 3.63) is 42.2 Å². The van der Waals surface area contributed by atoms with Gasteiger partial charge in [0.15, 0.2) is 17.5 Å². The first-order valence-electron chi connectivity index (χ1n) is 8.32. The minimum Gasteiger partial charge on any atom is -0.435 e. The van der Waals surface area contributed by atoms with Gasteiger partial charge in [-0.25, -0.2) is 23.1 Å². The summed E-state index contributed by atoms with van der Waals surface area (Å²) >= 11 is 0. The summed E-state index contributed by atoms with van der Waals surface area (Å²) in [6.07, 6.45) is 1.38. The van der Waals surface area contributed by atoms with E-state index in [-0.39, 0.29) is 41.7 Å². The maximum Gasteiger partial charge on any atom is 0.387 e. The topological polar surface area (TPSA) is 63.5 Å². The van der Waals surface area contributed by atoms with Crippen molar-refractivity contribution < 1.29 is 26.7 Å². The van der Waals surface area contributed by atoms with Crippen LogP contribution in [0.3, 0.4) is 0 Å². The number of nitrogens with zero attached hydrogens (tertiary/aromatic N) is 3. The molecule has 0 radical (unpaired) electrons. The molecule has 4 rings (SSSR count). The summed E-state index contributed by atoms with van der Waals surface area (Å²) in [7, 11) is 0. The molecule has 2 unspecified atom stereocenters. The van der Waals surface area contributed by atoms with Crippen molar-refractivity contribution in [1.29, 1.82) is 0 Å². The Morgan fingerprint density at radius 3 is 2.75 bits per heavy atom. The molecule has 1 saturated heterocycles. The highest BCUT2D eigenvalue weighted by Crippen LogP contribution is 2.28. The molecule has 0 spiro atoms. The lowest BCUT2D eigenvalue weighted by Crippen LogP contribution is -2.30. The van der Waals surface area contributed by atoms with E-state index in [2.05, 4.69) is 25.3 Å². The van der Waals surface area contributed by atoms with Crippen molar-refractivity contribution >= 4 is 11.5 Å². The van der Waals surface area contributed by atoms with Crippen molar-refractivity contribution in [3.8, 4) is 17.1 Å². The van der Waals surface area contributed by atoms with Crippen LogP contribution in [0.1, 0.15) is 0 Å². The van der Waals surface area contributed by atoms with E-state index >= 15 is 0 Å². The van der Waals surface area contributed by atoms with Crippen LogP contribution in [0.2, 0.25) is 0 Å². The summed E-state index contributed by atoms with van der Waals surface area (Å²) < 4.78 is 72.6. The summed E-state index contributed by atoms with van der Waals surface area (Å²) in [5.74, 6) is -2.31. The van der Waals surface area contributed by atoms with E-state index in [4.69, 9.17) is 0 Å². The van der Waals surface area contributed by atoms with E-state index in [1.54, 1.807) is 0 Å². The number of imidazole rings is 1. The Kier molecular flexibility index (Phi) is 4.75. The van der Waals surface area contributed by atoms with E-state index in [0.717, 1.165) is 0 Å². The van der Waals surface area contributed by atoms with E-state index in [9.17, 15) is 22.0 Å². The molecule has 4 heterocycles. The molecule has 148 valence electrons. The number of rotatable bonds is 5. The predicted octanol–water partition coefficient (Wildman–Crippen LogP) is 3.00. The predicted molar refractivity (Wildman–Crippen MR) is 90.1 cm³/mol. The van der Waals surface area contributed by atoms with Gasteiger partial charge in [-0.15, -0.1) is 0 Å². The molecule has 11 heteroatoms. The lowest BCUT2D eigenvalue weighted by molar-refractivity contribution is -0.0498. The van der Waals surface area contributed by atoms with Gasteiger partial charge in [-0.05, 0) is 6.07 Å². The number of hydrogen-bond donors (Lipinski definition) is 2. The van der Waals surface area contributed by atoms with Gasteiger partial charge in [-0.2, -0.15) is 8.78 Å². The number of alkyl halides is 3. The zero-order valence-electron chi connectivity index (χ0n) is 14.2. The van der Waals surface area contributed by atoms with Gasteiger partial charge >= 0.3 is 6.61 Å². The first-order chi connectivity index (χ1) is 13.4. The summed E-state index contributed by atoms with van der Waals surface area (Å²) in [5.41, 5.74) is 0.151. The van der Waals surface area contributed by atoms with Crippen molar-refractivity contribution in [1.82, 2.24) is 19.7 Å². The number of anilines is 1. The minimum atomic E-state index is -2.99. The van der Waals surface area contributed by atoms with Crippen molar-refractivity contribution in [2.45, 2.75) is 18.8 Å². The maximum atomic E-state index is 14.4. The second-order valence-electron chi connectivity index (χ2n) is 6.19. The van der Waals surface area contributed by atoms with Crippen LogP contribution in [0.25, 0.3) is 17.0 Å². The first kappa shape index (κ1) is 18.4. The number of nitrogens with one attached hydrogen (secondary N) is 2. The monoisotopic (exact) mass is 399 g/mol. The fourth-order valence-electron chi connectivity index (χ4n) is 3.02. The molecule has 0 aliphatic carbocycles. The standard InChI is InChI=1S/C17H14F5N5O/c18-9-4-10(19)16(25-12-6-23-5-11(12)20)26-15(9)13-7-24-14-3-8(28-17(21)22)1-2-27(13)14/h1-4,7,11-12,17,23H,5-6H2,(H,25,26). The molecule has 0 bridgehead atoms. The second-order valence-corrected chi connectivity index (χ2v) is 6.19. The highest BCUT2D eigenvalue weighted by atomic mass is 19.3. The Hall–Kier alpha value is -2.95.